The first-order valence-corrected chi connectivity index (χ1v) is 3.64. The van der Waals surface area contributed by atoms with Crippen LogP contribution in [0, 0.1) is 0 Å². The third kappa shape index (κ3) is 2.43. The van der Waals surface area contributed by atoms with Crippen molar-refractivity contribution in [3.8, 4) is 0 Å². The fourth-order valence-corrected chi connectivity index (χ4v) is 0.676. The minimum absolute atomic E-state index is 0.356. The van der Waals surface area contributed by atoms with Crippen molar-refractivity contribution in [1.82, 2.24) is 0 Å². The van der Waals surface area contributed by atoms with E-state index in [2.05, 4.69) is 6.58 Å². The fraction of sp³-hybridized carbons (Fsp3) is 0.400. The maximum absolute atomic E-state index is 10.3. The van der Waals surface area contributed by atoms with Gasteiger partial charge in [0.2, 0.25) is 0 Å². The van der Waals surface area contributed by atoms with Crippen molar-refractivity contribution in [2.45, 2.75) is 11.6 Å². The maximum Gasteiger partial charge on any atom is 0.319 e. The molecule has 4 heteroatoms. The maximum atomic E-state index is 10.3. The molecule has 1 atom stereocenters. The number of carbonyl (C=O) groups is 1. The molecule has 0 rings (SSSR count). The summed E-state index contributed by atoms with van der Waals surface area (Å²) in [6, 6.07) is 0. The third-order valence-electron chi connectivity index (χ3n) is 1.06. The lowest BCUT2D eigenvalue weighted by Gasteiger charge is -2.15. The van der Waals surface area contributed by atoms with Gasteiger partial charge in [-0.05, 0) is 6.42 Å². The minimum Gasteiger partial charge on any atom is -0.480 e. The van der Waals surface area contributed by atoms with E-state index >= 15 is 0 Å². The Bertz CT molecular complexity index is 133. The van der Waals surface area contributed by atoms with Crippen LogP contribution in [0.15, 0.2) is 12.7 Å². The second-order valence-electron chi connectivity index (χ2n) is 2.22. The molecule has 0 heterocycles. The molecule has 0 bridgehead atoms. The van der Waals surface area contributed by atoms with Crippen molar-refractivity contribution in [2.75, 3.05) is 0 Å². The average molecular weight is 145 g/mol. The Morgan fingerprint density at radius 1 is 2.00 bits per heavy atom. The Labute approximate surface area is 57.0 Å². The first kappa shape index (κ1) is 8.39. The highest BCUT2D eigenvalue weighted by molar-refractivity contribution is 6.26. The van der Waals surface area contributed by atoms with Crippen molar-refractivity contribution >= 4 is 16.2 Å². The molecule has 9 heavy (non-hydrogen) atoms. The zero-order valence-electron chi connectivity index (χ0n) is 5.42. The van der Waals surface area contributed by atoms with E-state index in [1.54, 1.807) is 0 Å². The van der Waals surface area contributed by atoms with Crippen molar-refractivity contribution in [1.29, 1.82) is 0 Å². The zero-order chi connectivity index (χ0) is 7.49. The minimum atomic E-state index is -1.01. The van der Waals surface area contributed by atoms with Gasteiger partial charge in [0, 0.05) is 10.2 Å². The summed E-state index contributed by atoms with van der Waals surface area (Å²) in [5, 5.41) is 7.42. The molecule has 0 spiro atoms. The van der Waals surface area contributed by atoms with Crippen LogP contribution in [0.3, 0.4) is 0 Å². The highest BCUT2D eigenvalue weighted by Crippen LogP contribution is 2.00. The molecule has 0 saturated carbocycles. The van der Waals surface area contributed by atoms with E-state index in [4.69, 9.17) is 10.8 Å². The van der Waals surface area contributed by atoms with Crippen LogP contribution in [0.5, 0.6) is 0 Å². The number of carboxylic acids is 1. The number of rotatable bonds is 3. The zero-order valence-corrected chi connectivity index (χ0v) is 7.42. The summed E-state index contributed by atoms with van der Waals surface area (Å²) in [7, 11) is 0.449. The van der Waals surface area contributed by atoms with Crippen LogP contribution in [0.1, 0.15) is 6.42 Å². The molecule has 0 aliphatic heterocycles. The van der Waals surface area contributed by atoms with Gasteiger partial charge in [0.15, 0.2) is 0 Å². The summed E-state index contributed by atoms with van der Waals surface area (Å²) < 4.78 is 0. The Balaban J connectivity index is 4.00. The van der Waals surface area contributed by atoms with E-state index in [9.17, 15) is 4.79 Å². The molecule has 0 fully saturated rings. The molecule has 3 nitrogen and oxygen atoms in total. The smallest absolute Gasteiger partial charge is 0.319 e. The summed E-state index contributed by atoms with van der Waals surface area (Å²) in [5.41, 5.74) is 5.36. The van der Waals surface area contributed by atoms with Gasteiger partial charge in [-0.3, -0.25) is 4.79 Å². The van der Waals surface area contributed by atoms with Gasteiger partial charge < -0.3 is 10.8 Å². The van der Waals surface area contributed by atoms with Crippen LogP contribution in [0.25, 0.3) is 0 Å². The Morgan fingerprint density at radius 2 is 2.44 bits per heavy atom. The Hall–Kier alpha value is -0.613. The van der Waals surface area contributed by atoms with Crippen molar-refractivity contribution in [3.05, 3.63) is 12.7 Å². The summed E-state index contributed by atoms with van der Waals surface area (Å²) in [6.45, 7) is 3.41. The third-order valence-corrected chi connectivity index (χ3v) is 1.89. The Morgan fingerprint density at radius 3 is 2.56 bits per heavy atom. The van der Waals surface area contributed by atoms with Gasteiger partial charge in [0.05, 0.1) is 5.16 Å². The van der Waals surface area contributed by atoms with Crippen molar-refractivity contribution in [3.63, 3.8) is 0 Å². The number of aliphatic carboxylic acids is 1. The van der Waals surface area contributed by atoms with E-state index in [1.807, 2.05) is 0 Å². The number of nitrogens with two attached hydrogens (primary N) is 1. The first-order chi connectivity index (χ1) is 4.00. The van der Waals surface area contributed by atoms with E-state index in [-0.39, 0.29) is 0 Å². The van der Waals surface area contributed by atoms with Gasteiger partial charge in [0.25, 0.3) is 0 Å². The van der Waals surface area contributed by atoms with E-state index in [0.717, 1.165) is 0 Å². The lowest BCUT2D eigenvalue weighted by Crippen LogP contribution is -2.47. The molecule has 3 N–H and O–H groups in total. The van der Waals surface area contributed by atoms with Gasteiger partial charge in [-0.15, -0.1) is 6.58 Å². The largest absolute Gasteiger partial charge is 0.480 e. The van der Waals surface area contributed by atoms with Crippen LogP contribution in [-0.2, 0) is 4.79 Å². The molecule has 0 aromatic carbocycles. The number of carboxylic acid groups (broad SMARTS) is 1. The molecule has 0 saturated heterocycles. The fourth-order valence-electron chi connectivity index (χ4n) is 0.387. The van der Waals surface area contributed by atoms with Crippen LogP contribution >= 0.6 is 0 Å². The monoisotopic (exact) mass is 145 g/mol. The Kier molecular flexibility index (Phi) is 2.60. The normalized spacial score (nSPS) is 16.6. The molecule has 0 aliphatic rings. The van der Waals surface area contributed by atoms with Crippen LogP contribution < -0.4 is 5.73 Å². The van der Waals surface area contributed by atoms with Crippen molar-refractivity contribution < 1.29 is 9.90 Å². The second kappa shape index (κ2) is 2.79. The predicted octanol–water partition coefficient (Wildman–Crippen LogP) is -1.33. The highest BCUT2D eigenvalue weighted by atomic mass is 28.1. The standard InChI is InChI=1S/C5H11NO2Si/c1-2-3-5(6,9)4(7)8/h2H,1,3,6H2,9H3,(H,7,8). The molecule has 0 radical (unpaired) electrons. The van der Waals surface area contributed by atoms with Gasteiger partial charge in [-0.2, -0.15) is 0 Å². The summed E-state index contributed by atoms with van der Waals surface area (Å²) in [5.74, 6) is -0.936. The second-order valence-corrected chi connectivity index (χ2v) is 4.00. The lowest BCUT2D eigenvalue weighted by atomic mass is 10.2. The average Bonchev–Trinajstić information content (AvgIpc) is 1.65. The highest BCUT2D eigenvalue weighted by Gasteiger charge is 2.25. The van der Waals surface area contributed by atoms with E-state index < -0.39 is 11.1 Å². The van der Waals surface area contributed by atoms with Crippen LogP contribution in [0.4, 0.5) is 0 Å². The summed E-state index contributed by atoms with van der Waals surface area (Å²) in [4.78, 5) is 10.3. The molecule has 1 unspecified atom stereocenters. The number of hydrogen-bond acceptors (Lipinski definition) is 2. The molecule has 0 aromatic rings. The molecular formula is C5H11NO2Si. The quantitative estimate of drug-likeness (QED) is 0.382. The van der Waals surface area contributed by atoms with E-state index in [0.29, 0.717) is 16.7 Å². The topological polar surface area (TPSA) is 63.3 Å². The first-order valence-electron chi connectivity index (χ1n) is 2.64. The van der Waals surface area contributed by atoms with Gasteiger partial charge in [0.1, 0.15) is 0 Å². The van der Waals surface area contributed by atoms with Gasteiger partial charge in [-0.1, -0.05) is 6.08 Å². The van der Waals surface area contributed by atoms with Crippen molar-refractivity contribution in [2.24, 2.45) is 5.73 Å². The molecule has 0 aliphatic carbocycles. The summed E-state index contributed by atoms with van der Waals surface area (Å²) in [6.07, 6.45) is 1.88. The molecule has 52 valence electrons. The van der Waals surface area contributed by atoms with Gasteiger partial charge in [-0.25, -0.2) is 0 Å². The lowest BCUT2D eigenvalue weighted by molar-refractivity contribution is -0.140. The van der Waals surface area contributed by atoms with E-state index in [1.165, 1.54) is 6.08 Å². The predicted molar refractivity (Wildman–Crippen MR) is 39.3 cm³/mol. The van der Waals surface area contributed by atoms with Crippen LogP contribution in [0.2, 0.25) is 0 Å². The number of hydrogen-bond donors (Lipinski definition) is 2. The SMILES string of the molecule is C=CCC(N)([SiH3])C(=O)O. The molecule has 0 amide bonds. The molecular weight excluding hydrogens is 134 g/mol. The van der Waals surface area contributed by atoms with Crippen LogP contribution in [-0.4, -0.2) is 26.5 Å². The molecule has 0 aromatic heterocycles. The summed E-state index contributed by atoms with van der Waals surface area (Å²) >= 11 is 0. The van der Waals surface area contributed by atoms with Gasteiger partial charge >= 0.3 is 5.97 Å².